The van der Waals surface area contributed by atoms with Gasteiger partial charge >= 0.3 is 0 Å². The lowest BCUT2D eigenvalue weighted by atomic mass is 10.2. The third-order valence-corrected chi connectivity index (χ3v) is 2.49. The Morgan fingerprint density at radius 3 is 2.71 bits per heavy atom. The van der Waals surface area contributed by atoms with Crippen molar-refractivity contribution in [1.29, 1.82) is 0 Å². The molecule has 0 saturated carbocycles. The molecule has 3 heterocycles. The summed E-state index contributed by atoms with van der Waals surface area (Å²) in [5, 5.41) is 0.901. The summed E-state index contributed by atoms with van der Waals surface area (Å²) in [6.45, 7) is 0. The van der Waals surface area contributed by atoms with Crippen LogP contribution in [-0.2, 0) is 0 Å². The first-order chi connectivity index (χ1) is 8.34. The van der Waals surface area contributed by atoms with Gasteiger partial charge in [-0.15, -0.1) is 0 Å². The van der Waals surface area contributed by atoms with E-state index in [9.17, 15) is 0 Å². The quantitative estimate of drug-likeness (QED) is 0.679. The van der Waals surface area contributed by atoms with Crippen molar-refractivity contribution in [2.45, 2.75) is 0 Å². The summed E-state index contributed by atoms with van der Waals surface area (Å²) >= 11 is 0. The fourth-order valence-corrected chi connectivity index (χ4v) is 1.68. The van der Waals surface area contributed by atoms with Gasteiger partial charge in [0.1, 0.15) is 6.33 Å². The van der Waals surface area contributed by atoms with Crippen LogP contribution in [-0.4, -0.2) is 19.9 Å². The summed E-state index contributed by atoms with van der Waals surface area (Å²) in [5.74, 6) is 0. The Bertz CT molecular complexity index is 666. The molecular formula is C12H9N5. The van der Waals surface area contributed by atoms with E-state index in [-0.39, 0.29) is 0 Å². The molecule has 2 N–H and O–H groups in total. The van der Waals surface area contributed by atoms with Gasteiger partial charge in [-0.2, -0.15) is 0 Å². The Kier molecular flexibility index (Phi) is 2.15. The maximum absolute atomic E-state index is 5.98. The minimum atomic E-state index is 0.672. The summed E-state index contributed by atoms with van der Waals surface area (Å²) in [6.07, 6.45) is 6.55. The molecule has 5 nitrogen and oxygen atoms in total. The summed E-state index contributed by atoms with van der Waals surface area (Å²) in [7, 11) is 0. The molecule has 3 aromatic rings. The van der Waals surface area contributed by atoms with Crippen molar-refractivity contribution >= 4 is 16.6 Å². The molecule has 0 fully saturated rings. The Morgan fingerprint density at radius 1 is 1.00 bits per heavy atom. The normalized spacial score (nSPS) is 10.6. The zero-order valence-electron chi connectivity index (χ0n) is 8.91. The topological polar surface area (TPSA) is 77.6 Å². The Morgan fingerprint density at radius 2 is 1.88 bits per heavy atom. The number of nitrogens with zero attached hydrogens (tertiary/aromatic N) is 4. The van der Waals surface area contributed by atoms with Gasteiger partial charge in [-0.05, 0) is 18.2 Å². The SMILES string of the molecule is Nc1cc(-c2ccncn2)nc2cnccc12. The standard InChI is InChI=1S/C12H9N5/c13-9-5-11(10-2-4-15-7-16-10)17-12-6-14-3-1-8(9)12/h1-7H,(H2,13,17). The second kappa shape index (κ2) is 3.79. The third-order valence-electron chi connectivity index (χ3n) is 2.49. The van der Waals surface area contributed by atoms with E-state index in [4.69, 9.17) is 5.73 Å². The number of anilines is 1. The number of hydrogen-bond acceptors (Lipinski definition) is 5. The van der Waals surface area contributed by atoms with Crippen molar-refractivity contribution in [3.63, 3.8) is 0 Å². The van der Waals surface area contributed by atoms with Gasteiger partial charge in [-0.25, -0.2) is 15.0 Å². The van der Waals surface area contributed by atoms with E-state index in [0.29, 0.717) is 5.69 Å². The predicted octanol–water partition coefficient (Wildman–Crippen LogP) is 1.67. The van der Waals surface area contributed by atoms with Crippen LogP contribution in [0.2, 0.25) is 0 Å². The monoisotopic (exact) mass is 223 g/mol. The second-order valence-corrected chi connectivity index (χ2v) is 3.58. The average Bonchev–Trinajstić information content (AvgIpc) is 2.40. The molecule has 82 valence electrons. The largest absolute Gasteiger partial charge is 0.398 e. The molecule has 5 heteroatoms. The number of nitrogens with two attached hydrogens (primary N) is 1. The van der Waals surface area contributed by atoms with Crippen molar-refractivity contribution < 1.29 is 0 Å². The van der Waals surface area contributed by atoms with Gasteiger partial charge in [0.25, 0.3) is 0 Å². The van der Waals surface area contributed by atoms with E-state index in [1.165, 1.54) is 6.33 Å². The molecule has 3 aromatic heterocycles. The highest BCUT2D eigenvalue weighted by Gasteiger charge is 2.05. The number of hydrogen-bond donors (Lipinski definition) is 1. The van der Waals surface area contributed by atoms with Crippen LogP contribution in [0.3, 0.4) is 0 Å². The Hall–Kier alpha value is -2.56. The van der Waals surface area contributed by atoms with Crippen LogP contribution in [0.25, 0.3) is 22.3 Å². The molecule has 0 amide bonds. The smallest absolute Gasteiger partial charge is 0.116 e. The maximum Gasteiger partial charge on any atom is 0.116 e. The average molecular weight is 223 g/mol. The minimum absolute atomic E-state index is 0.672. The van der Waals surface area contributed by atoms with Crippen molar-refractivity contribution in [3.05, 3.63) is 43.1 Å². The molecule has 0 aliphatic heterocycles. The van der Waals surface area contributed by atoms with Crippen LogP contribution in [0.5, 0.6) is 0 Å². The molecule has 0 aliphatic rings. The van der Waals surface area contributed by atoms with E-state index in [1.807, 2.05) is 12.1 Å². The maximum atomic E-state index is 5.98. The van der Waals surface area contributed by atoms with E-state index < -0.39 is 0 Å². The Balaban J connectivity index is 2.26. The molecule has 0 radical (unpaired) electrons. The van der Waals surface area contributed by atoms with Crippen molar-refractivity contribution in [1.82, 2.24) is 19.9 Å². The van der Waals surface area contributed by atoms with Gasteiger partial charge in [0.15, 0.2) is 0 Å². The van der Waals surface area contributed by atoms with E-state index in [2.05, 4.69) is 19.9 Å². The van der Waals surface area contributed by atoms with Crippen LogP contribution < -0.4 is 5.73 Å². The molecule has 3 rings (SSSR count). The van der Waals surface area contributed by atoms with Gasteiger partial charge in [-0.1, -0.05) is 0 Å². The first kappa shape index (κ1) is 9.65. The molecule has 0 saturated heterocycles. The van der Waals surface area contributed by atoms with E-state index >= 15 is 0 Å². The van der Waals surface area contributed by atoms with Crippen LogP contribution in [0.1, 0.15) is 0 Å². The molecule has 0 spiro atoms. The van der Waals surface area contributed by atoms with E-state index in [1.54, 1.807) is 24.7 Å². The number of fused-ring (bicyclic) bond motifs is 1. The second-order valence-electron chi connectivity index (χ2n) is 3.58. The predicted molar refractivity (Wildman–Crippen MR) is 65.0 cm³/mol. The summed E-state index contributed by atoms with van der Waals surface area (Å²) < 4.78 is 0. The summed E-state index contributed by atoms with van der Waals surface area (Å²) in [4.78, 5) is 16.5. The van der Waals surface area contributed by atoms with Gasteiger partial charge in [-0.3, -0.25) is 4.98 Å². The highest BCUT2D eigenvalue weighted by atomic mass is 14.9. The molecule has 0 bridgehead atoms. The number of aromatic nitrogens is 4. The zero-order chi connectivity index (χ0) is 11.7. The molecule has 0 aromatic carbocycles. The summed E-state index contributed by atoms with van der Waals surface area (Å²) in [5.41, 5.74) is 8.90. The van der Waals surface area contributed by atoms with Crippen molar-refractivity contribution in [2.75, 3.05) is 5.73 Å². The number of rotatable bonds is 1. The van der Waals surface area contributed by atoms with E-state index in [0.717, 1.165) is 22.3 Å². The highest BCUT2D eigenvalue weighted by Crippen LogP contribution is 2.23. The molecule has 0 atom stereocenters. The van der Waals surface area contributed by atoms with Crippen molar-refractivity contribution in [2.24, 2.45) is 0 Å². The fourth-order valence-electron chi connectivity index (χ4n) is 1.68. The lowest BCUT2D eigenvalue weighted by Gasteiger charge is -2.04. The fraction of sp³-hybridized carbons (Fsp3) is 0. The zero-order valence-corrected chi connectivity index (χ0v) is 8.91. The molecule has 0 aliphatic carbocycles. The lowest BCUT2D eigenvalue weighted by Crippen LogP contribution is -1.94. The van der Waals surface area contributed by atoms with Crippen LogP contribution in [0.4, 0.5) is 5.69 Å². The number of nitrogen functional groups attached to an aromatic ring is 1. The van der Waals surface area contributed by atoms with Crippen LogP contribution >= 0.6 is 0 Å². The molecule has 17 heavy (non-hydrogen) atoms. The van der Waals surface area contributed by atoms with Gasteiger partial charge in [0, 0.05) is 23.5 Å². The first-order valence-corrected chi connectivity index (χ1v) is 5.11. The summed E-state index contributed by atoms with van der Waals surface area (Å²) in [6, 6.07) is 5.45. The van der Waals surface area contributed by atoms with Crippen molar-refractivity contribution in [3.8, 4) is 11.4 Å². The first-order valence-electron chi connectivity index (χ1n) is 5.11. The minimum Gasteiger partial charge on any atom is -0.398 e. The highest BCUT2D eigenvalue weighted by molar-refractivity contribution is 5.91. The lowest BCUT2D eigenvalue weighted by molar-refractivity contribution is 1.16. The van der Waals surface area contributed by atoms with Crippen LogP contribution in [0, 0.1) is 0 Å². The number of pyridine rings is 2. The van der Waals surface area contributed by atoms with Gasteiger partial charge < -0.3 is 5.73 Å². The Labute approximate surface area is 97.4 Å². The van der Waals surface area contributed by atoms with Crippen LogP contribution in [0.15, 0.2) is 43.1 Å². The van der Waals surface area contributed by atoms with Gasteiger partial charge in [0.2, 0.25) is 0 Å². The van der Waals surface area contributed by atoms with Gasteiger partial charge in [0.05, 0.1) is 23.1 Å². The molecule has 0 unspecified atom stereocenters. The molecular weight excluding hydrogens is 214 g/mol. The third kappa shape index (κ3) is 1.67.